The van der Waals surface area contributed by atoms with Crippen LogP contribution in [-0.4, -0.2) is 21.7 Å². The fourth-order valence-electron chi connectivity index (χ4n) is 2.61. The Morgan fingerprint density at radius 1 is 1.05 bits per heavy atom. The monoisotopic (exact) mass is 287 g/mol. The summed E-state index contributed by atoms with van der Waals surface area (Å²) in [6.45, 7) is 2.17. The molecular weight excluding hydrogens is 266 g/mol. The van der Waals surface area contributed by atoms with E-state index in [4.69, 9.17) is 0 Å². The van der Waals surface area contributed by atoms with Crippen LogP contribution in [-0.2, 0) is 4.79 Å². The van der Waals surface area contributed by atoms with E-state index in [0.29, 0.717) is 12.0 Å². The van der Waals surface area contributed by atoms with Crippen molar-refractivity contribution >= 4 is 17.3 Å². The molecule has 1 heterocycles. The van der Waals surface area contributed by atoms with Crippen LogP contribution in [0.4, 0.5) is 0 Å². The van der Waals surface area contributed by atoms with Crippen molar-refractivity contribution in [3.8, 4) is 0 Å². The molecule has 21 heavy (non-hydrogen) atoms. The number of aliphatic hydroxyl groups is 1. The topological polar surface area (TPSA) is 67.3 Å². The molecule has 1 aliphatic carbocycles. The summed E-state index contributed by atoms with van der Waals surface area (Å²) in [6, 6.07) is 3.28. The lowest BCUT2D eigenvalue weighted by Gasteiger charge is -2.16. The van der Waals surface area contributed by atoms with Crippen molar-refractivity contribution < 1.29 is 14.7 Å². The molecule has 0 saturated heterocycles. The van der Waals surface area contributed by atoms with Gasteiger partial charge >= 0.3 is 0 Å². The number of pyridine rings is 1. The minimum absolute atomic E-state index is 0.0618. The number of fused-ring (bicyclic) bond motifs is 1. The summed E-state index contributed by atoms with van der Waals surface area (Å²) in [6.07, 6.45) is 8.49. The van der Waals surface area contributed by atoms with E-state index in [1.807, 2.05) is 0 Å². The average Bonchev–Trinajstić information content (AvgIpc) is 2.51. The first-order chi connectivity index (χ1) is 10.2. The van der Waals surface area contributed by atoms with E-state index in [1.54, 1.807) is 12.1 Å². The third kappa shape index (κ3) is 3.38. The van der Waals surface area contributed by atoms with Gasteiger partial charge in [-0.15, -0.1) is 0 Å². The molecule has 1 aromatic rings. The van der Waals surface area contributed by atoms with Gasteiger partial charge in [-0.05, 0) is 25.0 Å². The number of ketones is 2. The van der Waals surface area contributed by atoms with Crippen molar-refractivity contribution in [1.82, 2.24) is 4.98 Å². The second-order valence-electron chi connectivity index (χ2n) is 5.40. The Labute approximate surface area is 124 Å². The summed E-state index contributed by atoms with van der Waals surface area (Å²) in [4.78, 5) is 27.9. The van der Waals surface area contributed by atoms with E-state index in [-0.39, 0.29) is 17.0 Å². The Hall–Kier alpha value is -1.97. The predicted molar refractivity (Wildman–Crippen MR) is 81.1 cm³/mol. The van der Waals surface area contributed by atoms with E-state index in [2.05, 4.69) is 11.9 Å². The molecule has 112 valence electrons. The van der Waals surface area contributed by atoms with Gasteiger partial charge in [0.25, 0.3) is 5.78 Å². The molecular formula is C17H21NO3. The number of aliphatic hydroxyl groups excluding tert-OH is 1. The van der Waals surface area contributed by atoms with Crippen LogP contribution in [0, 0.1) is 0 Å². The number of carbonyl (C=O) groups excluding carboxylic acids is 2. The highest BCUT2D eigenvalue weighted by Gasteiger charge is 2.33. The Morgan fingerprint density at radius 2 is 1.76 bits per heavy atom. The molecule has 0 bridgehead atoms. The minimum atomic E-state index is -0.607. The molecule has 0 radical (unpaired) electrons. The van der Waals surface area contributed by atoms with Gasteiger partial charge in [-0.2, -0.15) is 0 Å². The number of hydrogen-bond donors (Lipinski definition) is 1. The summed E-state index contributed by atoms with van der Waals surface area (Å²) in [5.74, 6) is -1.28. The van der Waals surface area contributed by atoms with Gasteiger partial charge in [-0.3, -0.25) is 14.6 Å². The van der Waals surface area contributed by atoms with E-state index in [0.717, 1.165) is 19.3 Å². The van der Waals surface area contributed by atoms with Crippen molar-refractivity contribution in [2.45, 2.75) is 51.9 Å². The summed E-state index contributed by atoms with van der Waals surface area (Å²) in [5.41, 5.74) is 0.686. The second-order valence-corrected chi connectivity index (χ2v) is 5.40. The van der Waals surface area contributed by atoms with E-state index >= 15 is 0 Å². The standard InChI is InChI=1S/C17H21NO3/c1-2-3-4-5-6-7-9-13-15(19)12-10-8-11-18-14(12)17(21)16(13)20/h8,10-11,19H,2-7,9H2,1H3. The first-order valence-electron chi connectivity index (χ1n) is 7.63. The molecule has 0 spiro atoms. The fourth-order valence-corrected chi connectivity index (χ4v) is 2.61. The number of aromatic nitrogens is 1. The molecule has 2 rings (SSSR count). The van der Waals surface area contributed by atoms with Crippen LogP contribution in [0.25, 0.3) is 5.76 Å². The smallest absolute Gasteiger partial charge is 0.252 e. The van der Waals surface area contributed by atoms with E-state index in [1.165, 1.54) is 25.5 Å². The summed E-state index contributed by atoms with van der Waals surface area (Å²) in [7, 11) is 0. The van der Waals surface area contributed by atoms with Crippen molar-refractivity contribution in [1.29, 1.82) is 0 Å². The van der Waals surface area contributed by atoms with Crippen molar-refractivity contribution in [2.24, 2.45) is 0 Å². The lowest BCUT2D eigenvalue weighted by molar-refractivity contribution is -0.112. The second kappa shape index (κ2) is 7.16. The highest BCUT2D eigenvalue weighted by molar-refractivity contribution is 6.51. The molecule has 4 heteroatoms. The lowest BCUT2D eigenvalue weighted by Crippen LogP contribution is -2.25. The zero-order valence-corrected chi connectivity index (χ0v) is 12.4. The Balaban J connectivity index is 2.05. The summed E-state index contributed by atoms with van der Waals surface area (Å²) in [5, 5.41) is 10.2. The minimum Gasteiger partial charge on any atom is -0.507 e. The first-order valence-corrected chi connectivity index (χ1v) is 7.63. The molecule has 0 saturated carbocycles. The number of Topliss-reactive ketones (excluding diaryl/α,β-unsaturated/α-hetero) is 2. The van der Waals surface area contributed by atoms with Crippen LogP contribution in [0.1, 0.15) is 67.9 Å². The van der Waals surface area contributed by atoms with Crippen molar-refractivity contribution in [3.05, 3.63) is 35.2 Å². The van der Waals surface area contributed by atoms with Crippen LogP contribution < -0.4 is 0 Å². The number of hydrogen-bond acceptors (Lipinski definition) is 4. The number of carbonyl (C=O) groups is 2. The molecule has 0 unspecified atom stereocenters. The maximum atomic E-state index is 12.1. The quantitative estimate of drug-likeness (QED) is 0.610. The summed E-state index contributed by atoms with van der Waals surface area (Å²) < 4.78 is 0. The number of unbranched alkanes of at least 4 members (excludes halogenated alkanes) is 5. The van der Waals surface area contributed by atoms with Crippen LogP contribution in [0.5, 0.6) is 0 Å². The third-order valence-corrected chi connectivity index (χ3v) is 3.82. The molecule has 1 N–H and O–H groups in total. The summed E-state index contributed by atoms with van der Waals surface area (Å²) >= 11 is 0. The normalized spacial score (nSPS) is 14.5. The Kier molecular flexibility index (Phi) is 5.26. The van der Waals surface area contributed by atoms with Crippen molar-refractivity contribution in [3.63, 3.8) is 0 Å². The van der Waals surface area contributed by atoms with Gasteiger partial charge in [0, 0.05) is 17.3 Å². The highest BCUT2D eigenvalue weighted by atomic mass is 16.3. The maximum Gasteiger partial charge on any atom is 0.252 e. The van der Waals surface area contributed by atoms with E-state index in [9.17, 15) is 14.7 Å². The molecule has 0 fully saturated rings. The SMILES string of the molecule is CCCCCCCCC1=C(O)c2cccnc2C(=O)C1=O. The first kappa shape index (κ1) is 15.4. The largest absolute Gasteiger partial charge is 0.507 e. The molecule has 1 aromatic heterocycles. The van der Waals surface area contributed by atoms with Crippen molar-refractivity contribution in [2.75, 3.05) is 0 Å². The zero-order valence-electron chi connectivity index (χ0n) is 12.4. The molecule has 0 aromatic carbocycles. The molecule has 0 aliphatic heterocycles. The molecule has 0 amide bonds. The maximum absolute atomic E-state index is 12.1. The zero-order chi connectivity index (χ0) is 15.2. The van der Waals surface area contributed by atoms with Gasteiger partial charge in [0.15, 0.2) is 0 Å². The molecule has 1 aliphatic rings. The van der Waals surface area contributed by atoms with Crippen LogP contribution in [0.3, 0.4) is 0 Å². The van der Waals surface area contributed by atoms with Gasteiger partial charge in [0.05, 0.1) is 0 Å². The number of nitrogens with zero attached hydrogens (tertiary/aromatic N) is 1. The van der Waals surface area contributed by atoms with E-state index < -0.39 is 11.6 Å². The third-order valence-electron chi connectivity index (χ3n) is 3.82. The highest BCUT2D eigenvalue weighted by Crippen LogP contribution is 2.29. The predicted octanol–water partition coefficient (Wildman–Crippen LogP) is 3.87. The number of rotatable bonds is 7. The van der Waals surface area contributed by atoms with Gasteiger partial charge in [-0.25, -0.2) is 0 Å². The Morgan fingerprint density at radius 3 is 2.52 bits per heavy atom. The van der Waals surface area contributed by atoms with Gasteiger partial charge in [0.2, 0.25) is 5.78 Å². The van der Waals surface area contributed by atoms with Gasteiger partial charge in [0.1, 0.15) is 11.5 Å². The van der Waals surface area contributed by atoms with Crippen LogP contribution in [0.15, 0.2) is 23.9 Å². The molecule has 0 atom stereocenters. The van der Waals surface area contributed by atoms with Crippen LogP contribution in [0.2, 0.25) is 0 Å². The average molecular weight is 287 g/mol. The molecule has 4 nitrogen and oxygen atoms in total. The fraction of sp³-hybridized carbons (Fsp3) is 0.471. The number of allylic oxidation sites excluding steroid dienone is 1. The van der Waals surface area contributed by atoms with Gasteiger partial charge in [-0.1, -0.05) is 39.0 Å². The van der Waals surface area contributed by atoms with Crippen LogP contribution >= 0.6 is 0 Å². The lowest BCUT2D eigenvalue weighted by atomic mass is 9.89. The Bertz CT molecular complexity index is 575. The van der Waals surface area contributed by atoms with Gasteiger partial charge < -0.3 is 5.11 Å².